The molecule has 0 bridgehead atoms. The van der Waals surface area contributed by atoms with E-state index in [1.54, 1.807) is 6.07 Å². The van der Waals surface area contributed by atoms with Crippen molar-refractivity contribution < 1.29 is 9.59 Å². The highest BCUT2D eigenvalue weighted by molar-refractivity contribution is 6.08. The predicted octanol–water partition coefficient (Wildman–Crippen LogP) is 3.81. The third-order valence-corrected chi connectivity index (χ3v) is 4.75. The first-order valence-corrected chi connectivity index (χ1v) is 9.09. The quantitative estimate of drug-likeness (QED) is 0.786. The van der Waals surface area contributed by atoms with E-state index < -0.39 is 0 Å². The average molecular weight is 339 g/mol. The first kappa shape index (κ1) is 17.4. The van der Waals surface area contributed by atoms with E-state index in [0.717, 1.165) is 48.7 Å². The normalized spacial score (nSPS) is 14.2. The molecular weight excluding hydrogens is 314 g/mol. The van der Waals surface area contributed by atoms with Crippen LogP contribution < -0.4 is 10.6 Å². The van der Waals surface area contributed by atoms with Gasteiger partial charge in [0, 0.05) is 29.2 Å². The molecule has 0 saturated heterocycles. The van der Waals surface area contributed by atoms with Crippen LogP contribution >= 0.6 is 0 Å². The summed E-state index contributed by atoms with van der Waals surface area (Å²) in [6, 6.07) is 7.43. The highest BCUT2D eigenvalue weighted by Crippen LogP contribution is 2.29. The zero-order valence-electron chi connectivity index (χ0n) is 14.9. The van der Waals surface area contributed by atoms with Gasteiger partial charge in [-0.3, -0.25) is 14.6 Å². The zero-order valence-corrected chi connectivity index (χ0v) is 14.9. The summed E-state index contributed by atoms with van der Waals surface area (Å²) in [6.45, 7) is 4.65. The summed E-state index contributed by atoms with van der Waals surface area (Å²) in [4.78, 5) is 29.4. The standard InChI is InChI=1S/C20H25N3O2/c1-3-4-10-21-20(25)17-11-15(23-19(24)14-6-5-7-14)12-18-16(17)9-8-13(2)22-18/h8-9,11-12,14H,3-7,10H2,1-2H3,(H,21,25)(H,23,24). The lowest BCUT2D eigenvalue weighted by Gasteiger charge is -2.24. The van der Waals surface area contributed by atoms with E-state index in [9.17, 15) is 9.59 Å². The summed E-state index contributed by atoms with van der Waals surface area (Å²) >= 11 is 0. The van der Waals surface area contributed by atoms with E-state index in [4.69, 9.17) is 0 Å². The molecule has 2 amide bonds. The van der Waals surface area contributed by atoms with Crippen LogP contribution in [0, 0.1) is 12.8 Å². The average Bonchev–Trinajstić information content (AvgIpc) is 2.52. The lowest BCUT2D eigenvalue weighted by molar-refractivity contribution is -0.122. The van der Waals surface area contributed by atoms with Crippen LogP contribution in [-0.4, -0.2) is 23.3 Å². The van der Waals surface area contributed by atoms with Crippen LogP contribution in [0.15, 0.2) is 24.3 Å². The molecule has 3 rings (SSSR count). The van der Waals surface area contributed by atoms with Gasteiger partial charge in [0.2, 0.25) is 5.91 Å². The molecule has 5 nitrogen and oxygen atoms in total. The topological polar surface area (TPSA) is 71.1 Å². The largest absolute Gasteiger partial charge is 0.352 e. The lowest BCUT2D eigenvalue weighted by atomic mass is 9.85. The summed E-state index contributed by atoms with van der Waals surface area (Å²) in [7, 11) is 0. The van der Waals surface area contributed by atoms with Gasteiger partial charge in [-0.15, -0.1) is 0 Å². The van der Waals surface area contributed by atoms with Gasteiger partial charge in [-0.25, -0.2) is 0 Å². The number of nitrogens with zero attached hydrogens (tertiary/aromatic N) is 1. The lowest BCUT2D eigenvalue weighted by Crippen LogP contribution is -2.28. The second kappa shape index (κ2) is 7.64. The molecule has 2 N–H and O–H groups in total. The Labute approximate surface area is 148 Å². The minimum absolute atomic E-state index is 0.0376. The number of hydrogen-bond acceptors (Lipinski definition) is 3. The Hall–Kier alpha value is -2.43. The van der Waals surface area contributed by atoms with Crippen LogP contribution in [0.2, 0.25) is 0 Å². The van der Waals surface area contributed by atoms with Crippen LogP contribution in [0.25, 0.3) is 10.9 Å². The van der Waals surface area contributed by atoms with Gasteiger partial charge in [-0.05, 0) is 44.4 Å². The molecule has 132 valence electrons. The number of fused-ring (bicyclic) bond motifs is 1. The van der Waals surface area contributed by atoms with Gasteiger partial charge in [-0.1, -0.05) is 25.8 Å². The van der Waals surface area contributed by atoms with Crippen LogP contribution in [0.5, 0.6) is 0 Å². The molecule has 1 aliphatic rings. The molecule has 0 unspecified atom stereocenters. The van der Waals surface area contributed by atoms with Gasteiger partial charge in [0.05, 0.1) is 11.1 Å². The summed E-state index contributed by atoms with van der Waals surface area (Å²) in [5.41, 5.74) is 2.81. The van der Waals surface area contributed by atoms with E-state index in [0.29, 0.717) is 17.8 Å². The Balaban J connectivity index is 1.91. The van der Waals surface area contributed by atoms with Gasteiger partial charge < -0.3 is 10.6 Å². The highest BCUT2D eigenvalue weighted by atomic mass is 16.2. The molecule has 1 heterocycles. The molecule has 1 aliphatic carbocycles. The Morgan fingerprint density at radius 3 is 2.72 bits per heavy atom. The third kappa shape index (κ3) is 3.98. The predicted molar refractivity (Wildman–Crippen MR) is 99.7 cm³/mol. The number of nitrogens with one attached hydrogen (secondary N) is 2. The van der Waals surface area contributed by atoms with E-state index in [2.05, 4.69) is 22.5 Å². The van der Waals surface area contributed by atoms with E-state index in [1.165, 1.54) is 0 Å². The molecule has 0 radical (unpaired) electrons. The monoisotopic (exact) mass is 339 g/mol. The third-order valence-electron chi connectivity index (χ3n) is 4.75. The molecule has 1 aromatic heterocycles. The number of aromatic nitrogens is 1. The number of hydrogen-bond donors (Lipinski definition) is 2. The Bertz CT molecular complexity index is 797. The summed E-state index contributed by atoms with van der Waals surface area (Å²) in [5.74, 6) is 0.0161. The van der Waals surface area contributed by atoms with Gasteiger partial charge >= 0.3 is 0 Å². The molecule has 25 heavy (non-hydrogen) atoms. The fourth-order valence-electron chi connectivity index (χ4n) is 2.99. The van der Waals surface area contributed by atoms with Gasteiger partial charge in [0.1, 0.15) is 0 Å². The minimum Gasteiger partial charge on any atom is -0.352 e. The van der Waals surface area contributed by atoms with Crippen molar-refractivity contribution in [3.05, 3.63) is 35.5 Å². The SMILES string of the molecule is CCCCNC(=O)c1cc(NC(=O)C2CCC2)cc2nc(C)ccc12. The van der Waals surface area contributed by atoms with Crippen molar-refractivity contribution in [3.63, 3.8) is 0 Å². The van der Waals surface area contributed by atoms with Crippen molar-refractivity contribution in [2.45, 2.75) is 46.0 Å². The van der Waals surface area contributed by atoms with Crippen molar-refractivity contribution in [2.24, 2.45) is 5.92 Å². The van der Waals surface area contributed by atoms with Crippen molar-refractivity contribution in [1.82, 2.24) is 10.3 Å². The Kier molecular flexibility index (Phi) is 5.31. The molecule has 0 atom stereocenters. The summed E-state index contributed by atoms with van der Waals surface area (Å²) in [6.07, 6.45) is 4.97. The van der Waals surface area contributed by atoms with Crippen LogP contribution in [0.4, 0.5) is 5.69 Å². The Morgan fingerprint density at radius 1 is 1.24 bits per heavy atom. The van der Waals surface area contributed by atoms with Gasteiger partial charge in [0.15, 0.2) is 0 Å². The first-order chi connectivity index (χ1) is 12.1. The fraction of sp³-hybridized carbons (Fsp3) is 0.450. The fourth-order valence-corrected chi connectivity index (χ4v) is 2.99. The second-order valence-electron chi connectivity index (χ2n) is 6.77. The number of anilines is 1. The number of carbonyl (C=O) groups excluding carboxylic acids is 2. The molecule has 0 spiro atoms. The maximum absolute atomic E-state index is 12.6. The number of aryl methyl sites for hydroxylation is 1. The van der Waals surface area contributed by atoms with Gasteiger partial charge in [0.25, 0.3) is 5.91 Å². The molecule has 5 heteroatoms. The molecule has 2 aromatic rings. The van der Waals surface area contributed by atoms with E-state index in [-0.39, 0.29) is 17.7 Å². The molecule has 1 saturated carbocycles. The summed E-state index contributed by atoms with van der Waals surface area (Å²) < 4.78 is 0. The van der Waals surface area contributed by atoms with Crippen molar-refractivity contribution in [2.75, 3.05) is 11.9 Å². The van der Waals surface area contributed by atoms with E-state index in [1.807, 2.05) is 25.1 Å². The van der Waals surface area contributed by atoms with Crippen molar-refractivity contribution in [3.8, 4) is 0 Å². The maximum atomic E-state index is 12.6. The van der Waals surface area contributed by atoms with Crippen molar-refractivity contribution >= 4 is 28.4 Å². The number of rotatable bonds is 6. The Morgan fingerprint density at radius 2 is 2.04 bits per heavy atom. The van der Waals surface area contributed by atoms with Crippen molar-refractivity contribution in [1.29, 1.82) is 0 Å². The van der Waals surface area contributed by atoms with Crippen LogP contribution in [0.3, 0.4) is 0 Å². The molecular formula is C20H25N3O2. The summed E-state index contributed by atoms with van der Waals surface area (Å²) in [5, 5.41) is 6.72. The number of unbranched alkanes of at least 4 members (excludes halogenated alkanes) is 1. The number of amides is 2. The molecule has 0 aliphatic heterocycles. The first-order valence-electron chi connectivity index (χ1n) is 9.09. The van der Waals surface area contributed by atoms with Crippen LogP contribution in [-0.2, 0) is 4.79 Å². The second-order valence-corrected chi connectivity index (χ2v) is 6.77. The van der Waals surface area contributed by atoms with Gasteiger partial charge in [-0.2, -0.15) is 0 Å². The number of pyridine rings is 1. The maximum Gasteiger partial charge on any atom is 0.252 e. The van der Waals surface area contributed by atoms with Crippen LogP contribution in [0.1, 0.15) is 55.1 Å². The molecule has 1 fully saturated rings. The smallest absolute Gasteiger partial charge is 0.252 e. The number of carbonyl (C=O) groups is 2. The van der Waals surface area contributed by atoms with E-state index >= 15 is 0 Å². The zero-order chi connectivity index (χ0) is 17.8. The minimum atomic E-state index is -0.121. The molecule has 1 aromatic carbocycles. The highest BCUT2D eigenvalue weighted by Gasteiger charge is 2.25. The number of benzene rings is 1.